The lowest BCUT2D eigenvalue weighted by Crippen LogP contribution is -2.35. The molecule has 0 atom stereocenters. The van der Waals surface area contributed by atoms with E-state index in [4.69, 9.17) is 23.2 Å². The molecule has 12 heteroatoms. The maximum atomic E-state index is 12.9. The van der Waals surface area contributed by atoms with E-state index in [9.17, 15) is 22.8 Å². The zero-order valence-electron chi connectivity index (χ0n) is 16.6. The quantitative estimate of drug-likeness (QED) is 0.422. The van der Waals surface area contributed by atoms with Crippen molar-refractivity contribution in [3.63, 3.8) is 0 Å². The van der Waals surface area contributed by atoms with Crippen molar-refractivity contribution in [2.75, 3.05) is 11.6 Å². The smallest absolute Gasteiger partial charge is 0.306 e. The van der Waals surface area contributed by atoms with Gasteiger partial charge in [-0.05, 0) is 36.6 Å². The molecule has 32 heavy (non-hydrogen) atoms. The van der Waals surface area contributed by atoms with Gasteiger partial charge >= 0.3 is 12.2 Å². The fraction of sp³-hybridized carbons (Fsp3) is 0.150. The first-order chi connectivity index (χ1) is 15.0. The molecule has 2 aromatic carbocycles. The third-order valence-electron chi connectivity index (χ3n) is 4.30. The van der Waals surface area contributed by atoms with Gasteiger partial charge in [0.05, 0.1) is 21.8 Å². The predicted octanol–water partition coefficient (Wildman–Crippen LogP) is 6.10. The molecule has 0 saturated carbocycles. The van der Waals surface area contributed by atoms with Crippen molar-refractivity contribution in [3.8, 4) is 11.3 Å². The summed E-state index contributed by atoms with van der Waals surface area (Å²) in [5.74, 6) is -0.784. The Labute approximate surface area is 195 Å². The zero-order valence-corrected chi connectivity index (χ0v) is 18.9. The van der Waals surface area contributed by atoms with E-state index >= 15 is 0 Å². The first-order valence-corrected chi connectivity index (χ1v) is 10.9. The lowest BCUT2D eigenvalue weighted by Gasteiger charge is -2.12. The highest BCUT2D eigenvalue weighted by molar-refractivity contribution is 7.98. The minimum atomic E-state index is -4.62. The van der Waals surface area contributed by atoms with E-state index < -0.39 is 23.7 Å². The number of imide groups is 1. The molecule has 0 aliphatic heterocycles. The summed E-state index contributed by atoms with van der Waals surface area (Å²) >= 11 is 13.1. The van der Waals surface area contributed by atoms with Gasteiger partial charge in [-0.3, -0.25) is 14.8 Å². The van der Waals surface area contributed by atoms with Crippen molar-refractivity contribution >= 4 is 52.6 Å². The second kappa shape index (κ2) is 9.43. The van der Waals surface area contributed by atoms with Crippen LogP contribution in [-0.4, -0.2) is 28.0 Å². The summed E-state index contributed by atoms with van der Waals surface area (Å²) < 4.78 is 40.3. The number of urea groups is 1. The molecule has 1 aromatic heterocycles. The molecular weight excluding hydrogens is 488 g/mol. The van der Waals surface area contributed by atoms with E-state index in [1.54, 1.807) is 37.6 Å². The van der Waals surface area contributed by atoms with Crippen molar-refractivity contribution in [1.82, 2.24) is 15.1 Å². The van der Waals surface area contributed by atoms with Gasteiger partial charge in [0.2, 0.25) is 0 Å². The Morgan fingerprint density at radius 2 is 1.75 bits per heavy atom. The molecule has 0 radical (unpaired) electrons. The molecule has 0 bridgehead atoms. The van der Waals surface area contributed by atoms with E-state index in [-0.39, 0.29) is 16.3 Å². The monoisotopic (exact) mass is 502 g/mol. The Morgan fingerprint density at radius 1 is 1.09 bits per heavy atom. The second-order valence-electron chi connectivity index (χ2n) is 6.46. The summed E-state index contributed by atoms with van der Waals surface area (Å²) in [7, 11) is 1.64. The van der Waals surface area contributed by atoms with E-state index in [0.717, 1.165) is 12.1 Å². The number of amides is 3. The van der Waals surface area contributed by atoms with Gasteiger partial charge in [0, 0.05) is 17.6 Å². The third kappa shape index (κ3) is 5.20. The number of nitrogens with zero attached hydrogens (tertiary/aromatic N) is 2. The number of anilines is 1. The summed E-state index contributed by atoms with van der Waals surface area (Å²) in [6, 6.07) is 8.05. The standard InChI is InChI=1S/C20H15Cl2F3N4O2S/c1-29-18(32-2)15(16(28-29)10-3-6-12(21)7-4-10)17(30)27-19(31)26-14-9-11(20(23,24)25)5-8-13(14)22/h3-9H,1-2H3,(H2,26,27,30,31). The molecule has 3 aromatic rings. The summed E-state index contributed by atoms with van der Waals surface area (Å²) in [6.07, 6.45) is -2.88. The predicted molar refractivity (Wildman–Crippen MR) is 118 cm³/mol. The van der Waals surface area contributed by atoms with Gasteiger partial charge in [0.15, 0.2) is 0 Å². The fourth-order valence-electron chi connectivity index (χ4n) is 2.87. The topological polar surface area (TPSA) is 76.0 Å². The Morgan fingerprint density at radius 3 is 2.34 bits per heavy atom. The highest BCUT2D eigenvalue weighted by atomic mass is 35.5. The maximum Gasteiger partial charge on any atom is 0.416 e. The Hall–Kier alpha value is -2.69. The third-order valence-corrected chi connectivity index (χ3v) is 5.74. The number of aromatic nitrogens is 2. The van der Waals surface area contributed by atoms with Crippen LogP contribution >= 0.6 is 35.0 Å². The second-order valence-corrected chi connectivity index (χ2v) is 8.10. The number of hydrogen-bond donors (Lipinski definition) is 2. The normalized spacial score (nSPS) is 11.3. The molecule has 0 saturated heterocycles. The van der Waals surface area contributed by atoms with Crippen molar-refractivity contribution in [2.45, 2.75) is 11.2 Å². The number of carbonyl (C=O) groups excluding carboxylic acids is 2. The van der Waals surface area contributed by atoms with Gasteiger partial charge in [-0.2, -0.15) is 18.3 Å². The number of benzene rings is 2. The van der Waals surface area contributed by atoms with Crippen molar-refractivity contribution in [1.29, 1.82) is 0 Å². The summed E-state index contributed by atoms with van der Waals surface area (Å²) in [5.41, 5.74) is -0.244. The number of hydrogen-bond acceptors (Lipinski definition) is 4. The van der Waals surface area contributed by atoms with E-state index in [1.807, 2.05) is 0 Å². The minimum absolute atomic E-state index is 0.117. The van der Waals surface area contributed by atoms with E-state index in [0.29, 0.717) is 27.4 Å². The van der Waals surface area contributed by atoms with Crippen LogP contribution in [0.1, 0.15) is 15.9 Å². The van der Waals surface area contributed by atoms with Gasteiger partial charge in [0.25, 0.3) is 5.91 Å². The number of carbonyl (C=O) groups is 2. The van der Waals surface area contributed by atoms with Crippen LogP contribution in [0, 0.1) is 0 Å². The van der Waals surface area contributed by atoms with Crippen molar-refractivity contribution in [2.24, 2.45) is 7.05 Å². The molecule has 0 aliphatic rings. The largest absolute Gasteiger partial charge is 0.416 e. The van der Waals surface area contributed by atoms with Gasteiger partial charge < -0.3 is 5.32 Å². The highest BCUT2D eigenvalue weighted by Crippen LogP contribution is 2.34. The first-order valence-electron chi connectivity index (χ1n) is 8.87. The summed E-state index contributed by atoms with van der Waals surface area (Å²) in [5, 5.41) is 9.52. The maximum absolute atomic E-state index is 12.9. The van der Waals surface area contributed by atoms with E-state index in [1.165, 1.54) is 16.4 Å². The number of nitrogens with one attached hydrogen (secondary N) is 2. The SMILES string of the molecule is CSc1c(C(=O)NC(=O)Nc2cc(C(F)(F)F)ccc2Cl)c(-c2ccc(Cl)cc2)nn1C. The first kappa shape index (κ1) is 24.0. The van der Waals surface area contributed by atoms with Gasteiger partial charge in [-0.1, -0.05) is 35.3 Å². The molecule has 3 rings (SSSR count). The Bertz CT molecular complexity index is 1180. The molecule has 0 spiro atoms. The molecule has 1 heterocycles. The van der Waals surface area contributed by atoms with Crippen LogP contribution in [0.3, 0.4) is 0 Å². The van der Waals surface area contributed by atoms with Gasteiger partial charge in [0.1, 0.15) is 10.7 Å². The summed E-state index contributed by atoms with van der Waals surface area (Å²) in [6.45, 7) is 0. The van der Waals surface area contributed by atoms with Crippen molar-refractivity contribution < 1.29 is 22.8 Å². The molecule has 2 N–H and O–H groups in total. The molecule has 168 valence electrons. The van der Waals surface area contributed by atoms with E-state index in [2.05, 4.69) is 15.7 Å². The molecule has 6 nitrogen and oxygen atoms in total. The minimum Gasteiger partial charge on any atom is -0.306 e. The number of rotatable bonds is 4. The van der Waals surface area contributed by atoms with Crippen LogP contribution in [0.2, 0.25) is 10.0 Å². The van der Waals surface area contributed by atoms with Crippen LogP contribution in [0.4, 0.5) is 23.7 Å². The fourth-order valence-corrected chi connectivity index (χ4v) is 3.86. The average molecular weight is 503 g/mol. The lowest BCUT2D eigenvalue weighted by atomic mass is 10.1. The number of thioether (sulfide) groups is 1. The summed E-state index contributed by atoms with van der Waals surface area (Å²) in [4.78, 5) is 25.3. The van der Waals surface area contributed by atoms with Crippen LogP contribution in [0.15, 0.2) is 47.5 Å². The molecule has 0 aliphatic carbocycles. The van der Waals surface area contributed by atoms with Crippen LogP contribution in [0.5, 0.6) is 0 Å². The molecular formula is C20H15Cl2F3N4O2S. The van der Waals surface area contributed by atoms with Gasteiger partial charge in [-0.25, -0.2) is 4.79 Å². The zero-order chi connectivity index (χ0) is 23.6. The Kier molecular flexibility index (Phi) is 7.06. The van der Waals surface area contributed by atoms with Crippen LogP contribution in [-0.2, 0) is 13.2 Å². The number of aryl methyl sites for hydroxylation is 1. The number of halogens is 5. The van der Waals surface area contributed by atoms with Crippen LogP contribution < -0.4 is 10.6 Å². The number of alkyl halides is 3. The molecule has 3 amide bonds. The molecule has 0 fully saturated rings. The van der Waals surface area contributed by atoms with Crippen molar-refractivity contribution in [3.05, 3.63) is 63.6 Å². The highest BCUT2D eigenvalue weighted by Gasteiger charge is 2.31. The van der Waals surface area contributed by atoms with Crippen LogP contribution in [0.25, 0.3) is 11.3 Å². The lowest BCUT2D eigenvalue weighted by molar-refractivity contribution is -0.137. The Balaban J connectivity index is 1.88. The van der Waals surface area contributed by atoms with Gasteiger partial charge in [-0.15, -0.1) is 11.8 Å². The average Bonchev–Trinajstić information content (AvgIpc) is 3.05. The molecule has 0 unspecified atom stereocenters.